The average molecular weight is 239 g/mol. The number of hydrazone groups is 1. The maximum Gasteiger partial charge on any atom is 0.310 e. The van der Waals surface area contributed by atoms with E-state index in [1.807, 2.05) is 0 Å². The van der Waals surface area contributed by atoms with Crippen LogP contribution >= 0.6 is 0 Å². The molecule has 0 spiro atoms. The third kappa shape index (κ3) is 2.61. The van der Waals surface area contributed by atoms with Gasteiger partial charge in [0.05, 0.1) is 12.0 Å². The molecular formula is C9H13N5O3. The lowest BCUT2D eigenvalue weighted by Gasteiger charge is -2.14. The topological polar surface area (TPSA) is 120 Å². The predicted molar refractivity (Wildman–Crippen MR) is 62.3 cm³/mol. The lowest BCUT2D eigenvalue weighted by atomic mass is 10.1. The number of hydrazine groups is 1. The van der Waals surface area contributed by atoms with Gasteiger partial charge in [-0.15, -0.1) is 0 Å². The van der Waals surface area contributed by atoms with Gasteiger partial charge in [0.25, 0.3) is 0 Å². The molecule has 0 saturated carbocycles. The van der Waals surface area contributed by atoms with Crippen LogP contribution in [-0.2, 0) is 0 Å². The summed E-state index contributed by atoms with van der Waals surface area (Å²) >= 11 is 0. The van der Waals surface area contributed by atoms with Crippen molar-refractivity contribution >= 4 is 11.5 Å². The summed E-state index contributed by atoms with van der Waals surface area (Å²) in [7, 11) is 2.90. The molecule has 92 valence electrons. The highest BCUT2D eigenvalue weighted by Crippen LogP contribution is 2.27. The molecule has 0 fully saturated rings. The van der Waals surface area contributed by atoms with E-state index < -0.39 is 4.92 Å². The second-order valence-electron chi connectivity index (χ2n) is 3.21. The Morgan fingerprint density at radius 2 is 2.24 bits per heavy atom. The molecule has 0 heterocycles. The SMILES string of the molecule is COc1cc(/C(=N/N)N(C)N)ccc1[N+](=O)[O-]. The first-order chi connectivity index (χ1) is 8.01. The first kappa shape index (κ1) is 12.7. The van der Waals surface area contributed by atoms with E-state index in [2.05, 4.69) is 5.10 Å². The summed E-state index contributed by atoms with van der Waals surface area (Å²) in [6.45, 7) is 0. The highest BCUT2D eigenvalue weighted by molar-refractivity contribution is 5.98. The fraction of sp³-hybridized carbons (Fsp3) is 0.222. The van der Waals surface area contributed by atoms with Crippen LogP contribution in [0.5, 0.6) is 5.75 Å². The van der Waals surface area contributed by atoms with Gasteiger partial charge in [0, 0.05) is 18.7 Å². The minimum absolute atomic E-state index is 0.121. The molecule has 0 bridgehead atoms. The van der Waals surface area contributed by atoms with Crippen molar-refractivity contribution < 1.29 is 9.66 Å². The third-order valence-corrected chi connectivity index (χ3v) is 2.09. The molecule has 0 radical (unpaired) electrons. The Balaban J connectivity index is 3.27. The molecule has 8 nitrogen and oxygen atoms in total. The molecule has 1 rings (SSSR count). The Bertz CT molecular complexity index is 458. The lowest BCUT2D eigenvalue weighted by molar-refractivity contribution is -0.385. The monoisotopic (exact) mass is 239 g/mol. The summed E-state index contributed by atoms with van der Waals surface area (Å²) in [5, 5.41) is 15.4. The summed E-state index contributed by atoms with van der Waals surface area (Å²) in [5.41, 5.74) is 0.396. The minimum Gasteiger partial charge on any atom is -0.490 e. The van der Waals surface area contributed by atoms with Crippen LogP contribution in [0.1, 0.15) is 5.56 Å². The number of amidine groups is 1. The number of nitro benzene ring substituents is 1. The van der Waals surface area contributed by atoms with E-state index >= 15 is 0 Å². The van der Waals surface area contributed by atoms with Gasteiger partial charge in [-0.1, -0.05) is 0 Å². The van der Waals surface area contributed by atoms with E-state index in [-0.39, 0.29) is 17.3 Å². The van der Waals surface area contributed by atoms with Gasteiger partial charge in [0.1, 0.15) is 0 Å². The van der Waals surface area contributed by atoms with E-state index in [0.717, 1.165) is 0 Å². The maximum absolute atomic E-state index is 10.7. The van der Waals surface area contributed by atoms with Crippen LogP contribution in [0.3, 0.4) is 0 Å². The number of hydrogen-bond donors (Lipinski definition) is 2. The highest BCUT2D eigenvalue weighted by Gasteiger charge is 2.17. The van der Waals surface area contributed by atoms with Gasteiger partial charge in [0.2, 0.25) is 0 Å². The molecule has 0 unspecified atom stereocenters. The molecule has 0 saturated heterocycles. The lowest BCUT2D eigenvalue weighted by Crippen LogP contribution is -2.34. The summed E-state index contributed by atoms with van der Waals surface area (Å²) in [6, 6.07) is 4.26. The number of nitro groups is 1. The Hall–Kier alpha value is -2.35. The van der Waals surface area contributed by atoms with Crippen LogP contribution < -0.4 is 16.4 Å². The van der Waals surface area contributed by atoms with Crippen molar-refractivity contribution in [2.45, 2.75) is 0 Å². The third-order valence-electron chi connectivity index (χ3n) is 2.09. The molecule has 17 heavy (non-hydrogen) atoms. The zero-order chi connectivity index (χ0) is 13.0. The van der Waals surface area contributed by atoms with E-state index in [9.17, 15) is 10.1 Å². The van der Waals surface area contributed by atoms with Crippen molar-refractivity contribution in [1.29, 1.82) is 0 Å². The summed E-state index contributed by atoms with van der Waals surface area (Å²) in [4.78, 5) is 10.2. The van der Waals surface area contributed by atoms with Gasteiger partial charge in [-0.2, -0.15) is 5.10 Å². The molecule has 0 aromatic heterocycles. The molecular weight excluding hydrogens is 226 g/mol. The maximum atomic E-state index is 10.7. The van der Waals surface area contributed by atoms with E-state index in [1.54, 1.807) is 7.05 Å². The minimum atomic E-state index is -0.534. The van der Waals surface area contributed by atoms with Crippen LogP contribution in [0.2, 0.25) is 0 Å². The summed E-state index contributed by atoms with van der Waals surface area (Å²) in [6.07, 6.45) is 0. The zero-order valence-electron chi connectivity index (χ0n) is 9.45. The average Bonchev–Trinajstić information content (AvgIpc) is 2.28. The largest absolute Gasteiger partial charge is 0.490 e. The molecule has 8 heteroatoms. The van der Waals surface area contributed by atoms with Crippen LogP contribution in [0, 0.1) is 10.1 Å². The van der Waals surface area contributed by atoms with Gasteiger partial charge in [-0.05, 0) is 12.1 Å². The van der Waals surface area contributed by atoms with Crippen LogP contribution in [0.4, 0.5) is 5.69 Å². The molecule has 0 aliphatic rings. The first-order valence-corrected chi connectivity index (χ1v) is 4.60. The second-order valence-corrected chi connectivity index (χ2v) is 3.21. The molecule has 0 atom stereocenters. The first-order valence-electron chi connectivity index (χ1n) is 4.60. The predicted octanol–water partition coefficient (Wildman–Crippen LogP) is 0.0292. The normalized spacial score (nSPS) is 11.1. The number of nitrogens with two attached hydrogens (primary N) is 2. The second kappa shape index (κ2) is 5.12. The standard InChI is InChI=1S/C9H13N5O3/c1-13(11)9(12-10)6-3-4-7(14(15)16)8(5-6)17-2/h3-5H,10-11H2,1-2H3/b12-9-. The quantitative estimate of drug-likeness (QED) is 0.252. The number of methoxy groups -OCH3 is 1. The molecule has 1 aromatic carbocycles. The number of nitrogens with zero attached hydrogens (tertiary/aromatic N) is 3. The van der Waals surface area contributed by atoms with Crippen molar-refractivity contribution in [1.82, 2.24) is 5.01 Å². The summed E-state index contributed by atoms with van der Waals surface area (Å²) < 4.78 is 4.92. The van der Waals surface area contributed by atoms with Crippen LogP contribution in [0.15, 0.2) is 23.3 Å². The highest BCUT2D eigenvalue weighted by atomic mass is 16.6. The Morgan fingerprint density at radius 3 is 2.65 bits per heavy atom. The van der Waals surface area contributed by atoms with Crippen molar-refractivity contribution in [2.24, 2.45) is 16.8 Å². The smallest absolute Gasteiger partial charge is 0.310 e. The van der Waals surface area contributed by atoms with Gasteiger partial charge >= 0.3 is 5.69 Å². The van der Waals surface area contributed by atoms with Crippen molar-refractivity contribution in [3.05, 3.63) is 33.9 Å². The molecule has 0 amide bonds. The Morgan fingerprint density at radius 1 is 1.59 bits per heavy atom. The number of benzene rings is 1. The Labute approximate surface area is 97.6 Å². The molecule has 4 N–H and O–H groups in total. The van der Waals surface area contributed by atoms with Crippen LogP contribution in [0.25, 0.3) is 0 Å². The van der Waals surface area contributed by atoms with Gasteiger partial charge in [-0.3, -0.25) is 15.1 Å². The Kier molecular flexibility index (Phi) is 3.83. The van der Waals surface area contributed by atoms with Gasteiger partial charge in [-0.25, -0.2) is 5.84 Å². The molecule has 0 aliphatic carbocycles. The van der Waals surface area contributed by atoms with Crippen molar-refractivity contribution in [3.8, 4) is 5.75 Å². The molecule has 0 aliphatic heterocycles. The van der Waals surface area contributed by atoms with E-state index in [0.29, 0.717) is 5.56 Å². The van der Waals surface area contributed by atoms with Crippen molar-refractivity contribution in [2.75, 3.05) is 14.2 Å². The number of ether oxygens (including phenoxy) is 1. The van der Waals surface area contributed by atoms with E-state index in [1.165, 1.54) is 30.3 Å². The van der Waals surface area contributed by atoms with Crippen molar-refractivity contribution in [3.63, 3.8) is 0 Å². The van der Waals surface area contributed by atoms with E-state index in [4.69, 9.17) is 16.4 Å². The number of hydrogen-bond acceptors (Lipinski definition) is 6. The fourth-order valence-corrected chi connectivity index (χ4v) is 1.34. The van der Waals surface area contributed by atoms with Crippen LogP contribution in [-0.4, -0.2) is 29.9 Å². The zero-order valence-corrected chi connectivity index (χ0v) is 9.45. The number of rotatable bonds is 3. The van der Waals surface area contributed by atoms with Gasteiger partial charge < -0.3 is 10.6 Å². The summed E-state index contributed by atoms with van der Waals surface area (Å²) in [5.74, 6) is 11.1. The molecule has 1 aromatic rings. The van der Waals surface area contributed by atoms with Gasteiger partial charge in [0.15, 0.2) is 11.6 Å². The fourth-order valence-electron chi connectivity index (χ4n) is 1.34.